The molecular weight excluding hydrogens is 538 g/mol. The lowest BCUT2D eigenvalue weighted by molar-refractivity contribution is -0.141. The van der Waals surface area contributed by atoms with Crippen molar-refractivity contribution in [3.63, 3.8) is 0 Å². The van der Waals surface area contributed by atoms with Crippen LogP contribution < -0.4 is 10.2 Å². The summed E-state index contributed by atoms with van der Waals surface area (Å²) in [7, 11) is 1.42. The molecule has 0 aromatic heterocycles. The monoisotopic (exact) mass is 573 g/mol. The van der Waals surface area contributed by atoms with E-state index in [0.29, 0.717) is 29.9 Å². The lowest BCUT2D eigenvalue weighted by Gasteiger charge is -2.28. The van der Waals surface area contributed by atoms with Gasteiger partial charge in [-0.25, -0.2) is 0 Å². The number of nitrogens with zero attached hydrogens (tertiary/aromatic N) is 2. The molecule has 2 heterocycles. The van der Waals surface area contributed by atoms with E-state index in [0.717, 1.165) is 54.7 Å². The Bertz CT molecular complexity index is 1640. The fraction of sp³-hybridized carbons (Fsp3) is 0.250. The van der Waals surface area contributed by atoms with Crippen LogP contribution in [0.3, 0.4) is 0 Å². The van der Waals surface area contributed by atoms with Gasteiger partial charge in [0, 0.05) is 35.6 Å². The first kappa shape index (κ1) is 28.4. The molecule has 7 heteroatoms. The second kappa shape index (κ2) is 12.2. The molecule has 7 nitrogen and oxygen atoms in total. The van der Waals surface area contributed by atoms with Crippen LogP contribution in [0.2, 0.25) is 0 Å². The van der Waals surface area contributed by atoms with Crippen LogP contribution in [0.15, 0.2) is 103 Å². The Balaban J connectivity index is 1.18. The topological polar surface area (TPSA) is 79.0 Å². The minimum Gasteiger partial charge on any atom is -0.468 e. The van der Waals surface area contributed by atoms with Gasteiger partial charge >= 0.3 is 5.97 Å². The zero-order chi connectivity index (χ0) is 29.8. The Hall–Kier alpha value is -4.75. The van der Waals surface area contributed by atoms with Gasteiger partial charge in [0.1, 0.15) is 0 Å². The normalized spacial score (nSPS) is 18.1. The fourth-order valence-electron chi connectivity index (χ4n) is 6.46. The SMILES string of the molecule is COC(=O)CN1CCC2(CCN(C(=O)c3ccc(NC(=O)c4ccccc4-c4ccccc4)cc3)c3ccccc3C2)C1. The average Bonchev–Trinajstić information content (AvgIpc) is 3.35. The quantitative estimate of drug-likeness (QED) is 0.284. The molecule has 0 saturated carbocycles. The molecule has 2 amide bonds. The van der Waals surface area contributed by atoms with Gasteiger partial charge in [-0.15, -0.1) is 0 Å². The summed E-state index contributed by atoms with van der Waals surface area (Å²) in [5.41, 5.74) is 5.69. The number of esters is 1. The van der Waals surface area contributed by atoms with Crippen molar-refractivity contribution in [1.82, 2.24) is 4.90 Å². The average molecular weight is 574 g/mol. The number of carbonyl (C=O) groups excluding carboxylic acids is 3. The van der Waals surface area contributed by atoms with E-state index in [1.54, 1.807) is 24.3 Å². The highest BCUT2D eigenvalue weighted by atomic mass is 16.5. The lowest BCUT2D eigenvalue weighted by atomic mass is 9.78. The van der Waals surface area contributed by atoms with Crippen LogP contribution in [0.25, 0.3) is 11.1 Å². The molecule has 2 aliphatic rings. The number of amides is 2. The Morgan fingerprint density at radius 2 is 1.51 bits per heavy atom. The largest absolute Gasteiger partial charge is 0.468 e. The molecule has 218 valence electrons. The molecular formula is C36H35N3O4. The lowest BCUT2D eigenvalue weighted by Crippen LogP contribution is -2.35. The second-order valence-electron chi connectivity index (χ2n) is 11.5. The first-order valence-electron chi connectivity index (χ1n) is 14.7. The number of carbonyl (C=O) groups is 3. The standard InChI is InChI=1S/C36H35N3O4/c1-43-33(40)24-38-21-19-36(25-38)20-22-39(32-14-8-5-11-28(32)23-36)35(42)27-15-17-29(18-16-27)37-34(41)31-13-7-6-12-30(31)26-9-3-2-4-10-26/h2-18H,19-25H2,1H3,(H,37,41). The highest BCUT2D eigenvalue weighted by molar-refractivity contribution is 6.09. The van der Waals surface area contributed by atoms with Crippen molar-refractivity contribution in [1.29, 1.82) is 0 Å². The van der Waals surface area contributed by atoms with Crippen molar-refractivity contribution in [2.45, 2.75) is 19.3 Å². The third-order valence-electron chi connectivity index (χ3n) is 8.70. The minimum atomic E-state index is -0.220. The predicted octanol–water partition coefficient (Wildman–Crippen LogP) is 6.06. The molecule has 1 fully saturated rings. The Kier molecular flexibility index (Phi) is 8.07. The number of para-hydroxylation sites is 1. The van der Waals surface area contributed by atoms with Gasteiger partial charge in [-0.2, -0.15) is 0 Å². The smallest absolute Gasteiger partial charge is 0.319 e. The van der Waals surface area contributed by atoms with Crippen LogP contribution in [0, 0.1) is 5.41 Å². The molecule has 0 radical (unpaired) electrons. The molecule has 6 rings (SSSR count). The van der Waals surface area contributed by atoms with Crippen molar-refractivity contribution in [2.75, 3.05) is 43.5 Å². The molecule has 43 heavy (non-hydrogen) atoms. The van der Waals surface area contributed by atoms with Crippen molar-refractivity contribution in [2.24, 2.45) is 5.41 Å². The fourth-order valence-corrected chi connectivity index (χ4v) is 6.46. The summed E-state index contributed by atoms with van der Waals surface area (Å²) in [5.74, 6) is -0.493. The van der Waals surface area contributed by atoms with Crippen molar-refractivity contribution in [3.05, 3.63) is 120 Å². The highest BCUT2D eigenvalue weighted by Crippen LogP contribution is 2.43. The number of anilines is 2. The van der Waals surface area contributed by atoms with Gasteiger partial charge in [0.15, 0.2) is 0 Å². The van der Waals surface area contributed by atoms with Gasteiger partial charge in [0.25, 0.3) is 11.8 Å². The van der Waals surface area contributed by atoms with Gasteiger partial charge in [0.05, 0.1) is 13.7 Å². The third kappa shape index (κ3) is 6.08. The summed E-state index contributed by atoms with van der Waals surface area (Å²) >= 11 is 0. The van der Waals surface area contributed by atoms with Crippen LogP contribution in [0.1, 0.15) is 39.1 Å². The number of methoxy groups -OCH3 is 1. The molecule has 1 atom stereocenters. The second-order valence-corrected chi connectivity index (χ2v) is 11.5. The van der Waals surface area contributed by atoms with Gasteiger partial charge in [-0.1, -0.05) is 66.7 Å². The molecule has 2 aliphatic heterocycles. The number of nitrogens with one attached hydrogen (secondary N) is 1. The number of hydrogen-bond donors (Lipinski definition) is 1. The first-order chi connectivity index (χ1) is 20.9. The van der Waals surface area contributed by atoms with Gasteiger partial charge < -0.3 is 15.0 Å². The number of rotatable bonds is 6. The van der Waals surface area contributed by atoms with Crippen LogP contribution in [0.4, 0.5) is 11.4 Å². The summed E-state index contributed by atoms with van der Waals surface area (Å²) in [6.07, 6.45) is 2.68. The molecule has 1 unspecified atom stereocenters. The van der Waals surface area contributed by atoms with E-state index in [1.807, 2.05) is 77.7 Å². The highest BCUT2D eigenvalue weighted by Gasteiger charge is 2.42. The number of fused-ring (bicyclic) bond motifs is 1. The van der Waals surface area contributed by atoms with E-state index in [9.17, 15) is 14.4 Å². The zero-order valence-corrected chi connectivity index (χ0v) is 24.3. The van der Waals surface area contributed by atoms with Crippen molar-refractivity contribution < 1.29 is 19.1 Å². The van der Waals surface area contributed by atoms with E-state index >= 15 is 0 Å². The van der Waals surface area contributed by atoms with E-state index in [2.05, 4.69) is 16.3 Å². The third-order valence-corrected chi connectivity index (χ3v) is 8.70. The van der Waals surface area contributed by atoms with E-state index in [1.165, 1.54) is 7.11 Å². The number of likely N-dealkylation sites (tertiary alicyclic amines) is 1. The number of benzene rings is 4. The van der Waals surface area contributed by atoms with Gasteiger partial charge in [-0.05, 0) is 84.3 Å². The Morgan fingerprint density at radius 3 is 2.30 bits per heavy atom. The van der Waals surface area contributed by atoms with Crippen LogP contribution in [-0.2, 0) is 16.0 Å². The van der Waals surface area contributed by atoms with Crippen LogP contribution in [0.5, 0.6) is 0 Å². The summed E-state index contributed by atoms with van der Waals surface area (Å²) in [5, 5.41) is 2.99. The van der Waals surface area contributed by atoms with E-state index in [4.69, 9.17) is 4.74 Å². The van der Waals surface area contributed by atoms with E-state index in [-0.39, 0.29) is 23.2 Å². The van der Waals surface area contributed by atoms with Gasteiger partial charge in [0.2, 0.25) is 0 Å². The maximum Gasteiger partial charge on any atom is 0.319 e. The maximum atomic E-state index is 13.9. The molecule has 4 aromatic rings. The Labute approximate surface area is 252 Å². The van der Waals surface area contributed by atoms with Crippen molar-refractivity contribution >= 4 is 29.2 Å². The molecule has 0 aliphatic carbocycles. The molecule has 4 aromatic carbocycles. The van der Waals surface area contributed by atoms with Gasteiger partial charge in [-0.3, -0.25) is 19.3 Å². The first-order valence-corrected chi connectivity index (χ1v) is 14.7. The van der Waals surface area contributed by atoms with E-state index < -0.39 is 0 Å². The molecule has 0 bridgehead atoms. The summed E-state index contributed by atoms with van der Waals surface area (Å²) in [6, 6.07) is 32.6. The molecule has 1 N–H and O–H groups in total. The predicted molar refractivity (Wildman–Crippen MR) is 168 cm³/mol. The molecule has 1 spiro atoms. The zero-order valence-electron chi connectivity index (χ0n) is 24.3. The van der Waals surface area contributed by atoms with Crippen molar-refractivity contribution in [3.8, 4) is 11.1 Å². The van der Waals surface area contributed by atoms with Crippen LogP contribution >= 0.6 is 0 Å². The number of ether oxygens (including phenoxy) is 1. The minimum absolute atomic E-state index is 0.00331. The maximum absolute atomic E-state index is 13.9. The summed E-state index contributed by atoms with van der Waals surface area (Å²) in [4.78, 5) is 43.1. The number of hydrogen-bond acceptors (Lipinski definition) is 5. The Morgan fingerprint density at radius 1 is 0.814 bits per heavy atom. The van der Waals surface area contributed by atoms with Crippen LogP contribution in [-0.4, -0.2) is 56.0 Å². The molecule has 1 saturated heterocycles. The summed E-state index contributed by atoms with van der Waals surface area (Å²) < 4.78 is 4.89. The summed E-state index contributed by atoms with van der Waals surface area (Å²) in [6.45, 7) is 2.54.